The van der Waals surface area contributed by atoms with Crippen LogP contribution in [-0.4, -0.2) is 11.0 Å². The first kappa shape index (κ1) is 21.3. The number of amides is 1. The number of hydrogen-bond acceptors (Lipinski definition) is 4. The van der Waals surface area contributed by atoms with Crippen molar-refractivity contribution in [3.05, 3.63) is 93.5 Å². The molecule has 0 saturated heterocycles. The number of ether oxygens (including phenoxy) is 1. The third-order valence-electron chi connectivity index (χ3n) is 4.07. The van der Waals surface area contributed by atoms with Crippen LogP contribution in [0, 0.1) is 11.3 Å². The lowest BCUT2D eigenvalue weighted by Gasteiger charge is -2.08. The van der Waals surface area contributed by atoms with Gasteiger partial charge in [0.15, 0.2) is 0 Å². The molecule has 0 unspecified atom stereocenters. The van der Waals surface area contributed by atoms with Crippen LogP contribution >= 0.6 is 23.2 Å². The maximum Gasteiger partial charge on any atom is 0.266 e. The van der Waals surface area contributed by atoms with Crippen LogP contribution in [0.4, 0.5) is 5.69 Å². The number of hydrogen-bond donors (Lipinski definition) is 2. The predicted octanol–water partition coefficient (Wildman–Crippen LogP) is 5.82. The van der Waals surface area contributed by atoms with E-state index in [1.54, 1.807) is 48.5 Å². The van der Waals surface area contributed by atoms with Gasteiger partial charge in [-0.1, -0.05) is 41.4 Å². The summed E-state index contributed by atoms with van der Waals surface area (Å²) in [6, 6.07) is 20.1. The Morgan fingerprint density at radius 1 is 1.03 bits per heavy atom. The first-order valence-electron chi connectivity index (χ1n) is 8.83. The third kappa shape index (κ3) is 5.77. The molecule has 150 valence electrons. The van der Waals surface area contributed by atoms with E-state index < -0.39 is 5.91 Å². The highest BCUT2D eigenvalue weighted by molar-refractivity contribution is 6.42. The monoisotopic (exact) mass is 438 g/mol. The zero-order chi connectivity index (χ0) is 21.5. The summed E-state index contributed by atoms with van der Waals surface area (Å²) < 4.78 is 5.72. The Morgan fingerprint density at radius 3 is 2.37 bits per heavy atom. The largest absolute Gasteiger partial charge is 0.508 e. The Kier molecular flexibility index (Phi) is 6.97. The van der Waals surface area contributed by atoms with Gasteiger partial charge in [0.2, 0.25) is 0 Å². The molecule has 2 N–H and O–H groups in total. The highest BCUT2D eigenvalue weighted by atomic mass is 35.5. The standard InChI is InChI=1S/C23H16Cl2N2O3/c24-21-10-3-16(12-22(21)25)14-30-20-8-1-15(2-9-20)11-17(13-26)23(29)27-18-4-6-19(28)7-5-18/h1-12,28H,14H2,(H,27,29)/b17-11+. The van der Waals surface area contributed by atoms with Gasteiger partial charge in [-0.05, 0) is 65.7 Å². The molecule has 0 aromatic heterocycles. The van der Waals surface area contributed by atoms with E-state index in [2.05, 4.69) is 5.32 Å². The molecule has 5 nitrogen and oxygen atoms in total. The molecule has 7 heteroatoms. The van der Waals surface area contributed by atoms with Gasteiger partial charge in [-0.15, -0.1) is 0 Å². The van der Waals surface area contributed by atoms with E-state index >= 15 is 0 Å². The van der Waals surface area contributed by atoms with E-state index in [9.17, 15) is 15.2 Å². The summed E-state index contributed by atoms with van der Waals surface area (Å²) in [5.74, 6) is 0.180. The highest BCUT2D eigenvalue weighted by Crippen LogP contribution is 2.24. The van der Waals surface area contributed by atoms with Crippen molar-refractivity contribution in [2.75, 3.05) is 5.32 Å². The van der Waals surface area contributed by atoms with Crippen LogP contribution < -0.4 is 10.1 Å². The Hall–Kier alpha value is -3.46. The molecule has 3 aromatic carbocycles. The second kappa shape index (κ2) is 9.84. The molecule has 0 spiro atoms. The molecule has 0 aliphatic rings. The third-order valence-corrected chi connectivity index (χ3v) is 4.81. The topological polar surface area (TPSA) is 82.3 Å². The fourth-order valence-corrected chi connectivity index (χ4v) is 2.84. The average molecular weight is 439 g/mol. The van der Waals surface area contributed by atoms with Crippen LogP contribution in [0.15, 0.2) is 72.3 Å². The van der Waals surface area contributed by atoms with Crippen molar-refractivity contribution >= 4 is 40.9 Å². The first-order valence-corrected chi connectivity index (χ1v) is 9.59. The smallest absolute Gasteiger partial charge is 0.266 e. The SMILES string of the molecule is N#C/C(=C\c1ccc(OCc2ccc(Cl)c(Cl)c2)cc1)C(=O)Nc1ccc(O)cc1. The Bertz CT molecular complexity index is 1120. The van der Waals surface area contributed by atoms with Crippen molar-refractivity contribution in [1.82, 2.24) is 0 Å². The van der Waals surface area contributed by atoms with Crippen molar-refractivity contribution in [2.24, 2.45) is 0 Å². The van der Waals surface area contributed by atoms with E-state index in [0.29, 0.717) is 33.7 Å². The van der Waals surface area contributed by atoms with Crippen LogP contribution in [0.5, 0.6) is 11.5 Å². The van der Waals surface area contributed by atoms with Gasteiger partial charge in [0.05, 0.1) is 10.0 Å². The zero-order valence-electron chi connectivity index (χ0n) is 15.6. The predicted molar refractivity (Wildman–Crippen MR) is 118 cm³/mol. The fraction of sp³-hybridized carbons (Fsp3) is 0.0435. The quantitative estimate of drug-likeness (QED) is 0.288. The molecule has 0 aliphatic carbocycles. The second-order valence-electron chi connectivity index (χ2n) is 6.28. The van der Waals surface area contributed by atoms with Gasteiger partial charge < -0.3 is 15.2 Å². The number of carbonyl (C=O) groups is 1. The zero-order valence-corrected chi connectivity index (χ0v) is 17.1. The molecule has 3 rings (SSSR count). The molecular weight excluding hydrogens is 423 g/mol. The van der Waals surface area contributed by atoms with Crippen molar-refractivity contribution in [1.29, 1.82) is 5.26 Å². The van der Waals surface area contributed by atoms with E-state index in [1.165, 1.54) is 18.2 Å². The lowest BCUT2D eigenvalue weighted by atomic mass is 10.1. The number of phenolic OH excluding ortho intramolecular Hbond substituents is 1. The Labute approximate surface area is 183 Å². The summed E-state index contributed by atoms with van der Waals surface area (Å²) in [6.45, 7) is 0.324. The maximum absolute atomic E-state index is 12.3. The molecule has 0 aliphatic heterocycles. The molecule has 0 heterocycles. The molecule has 0 fully saturated rings. The molecular formula is C23H16Cl2N2O3. The van der Waals surface area contributed by atoms with Crippen molar-refractivity contribution < 1.29 is 14.6 Å². The molecule has 1 amide bonds. The highest BCUT2D eigenvalue weighted by Gasteiger charge is 2.10. The second-order valence-corrected chi connectivity index (χ2v) is 7.09. The van der Waals surface area contributed by atoms with E-state index in [4.69, 9.17) is 27.9 Å². The van der Waals surface area contributed by atoms with Crippen LogP contribution in [0.2, 0.25) is 10.0 Å². The van der Waals surface area contributed by atoms with Crippen molar-refractivity contribution in [3.63, 3.8) is 0 Å². The fourth-order valence-electron chi connectivity index (χ4n) is 2.51. The number of rotatable bonds is 6. The summed E-state index contributed by atoms with van der Waals surface area (Å²) >= 11 is 11.9. The normalized spacial score (nSPS) is 10.9. The van der Waals surface area contributed by atoms with E-state index in [1.807, 2.05) is 12.1 Å². The van der Waals surface area contributed by atoms with Crippen LogP contribution in [0.3, 0.4) is 0 Å². The van der Waals surface area contributed by atoms with Gasteiger partial charge in [-0.3, -0.25) is 4.79 Å². The van der Waals surface area contributed by atoms with Gasteiger partial charge >= 0.3 is 0 Å². The van der Waals surface area contributed by atoms with Gasteiger partial charge in [0, 0.05) is 5.69 Å². The van der Waals surface area contributed by atoms with Gasteiger partial charge in [-0.25, -0.2) is 0 Å². The molecule has 0 saturated carbocycles. The number of carbonyl (C=O) groups excluding carboxylic acids is 1. The van der Waals surface area contributed by atoms with Crippen LogP contribution in [0.1, 0.15) is 11.1 Å². The molecule has 0 atom stereocenters. The minimum atomic E-state index is -0.539. The molecule has 0 bridgehead atoms. The average Bonchev–Trinajstić information content (AvgIpc) is 2.75. The number of benzene rings is 3. The van der Waals surface area contributed by atoms with Crippen molar-refractivity contribution in [2.45, 2.75) is 6.61 Å². The van der Waals surface area contributed by atoms with Gasteiger partial charge in [0.1, 0.15) is 29.7 Å². The van der Waals surface area contributed by atoms with Crippen LogP contribution in [-0.2, 0) is 11.4 Å². The summed E-state index contributed by atoms with van der Waals surface area (Å²) in [6.07, 6.45) is 1.48. The molecule has 30 heavy (non-hydrogen) atoms. The molecule has 0 radical (unpaired) electrons. The maximum atomic E-state index is 12.3. The Balaban J connectivity index is 1.64. The van der Waals surface area contributed by atoms with Crippen LogP contribution in [0.25, 0.3) is 6.08 Å². The number of anilines is 1. The van der Waals surface area contributed by atoms with Gasteiger partial charge in [0.25, 0.3) is 5.91 Å². The number of nitrogens with zero attached hydrogens (tertiary/aromatic N) is 1. The van der Waals surface area contributed by atoms with Gasteiger partial charge in [-0.2, -0.15) is 5.26 Å². The molecule has 3 aromatic rings. The Morgan fingerprint density at radius 2 is 1.73 bits per heavy atom. The van der Waals surface area contributed by atoms with E-state index in [-0.39, 0.29) is 11.3 Å². The minimum Gasteiger partial charge on any atom is -0.508 e. The lowest BCUT2D eigenvalue weighted by molar-refractivity contribution is -0.112. The summed E-state index contributed by atoms with van der Waals surface area (Å²) in [4.78, 5) is 12.3. The number of aromatic hydroxyl groups is 1. The number of halogens is 2. The minimum absolute atomic E-state index is 0.0486. The summed E-state index contributed by atoms with van der Waals surface area (Å²) in [5.41, 5.74) is 1.98. The number of phenols is 1. The summed E-state index contributed by atoms with van der Waals surface area (Å²) in [5, 5.41) is 22.2. The lowest BCUT2D eigenvalue weighted by Crippen LogP contribution is -2.13. The first-order chi connectivity index (χ1) is 14.4. The number of nitriles is 1. The van der Waals surface area contributed by atoms with E-state index in [0.717, 1.165) is 5.56 Å². The van der Waals surface area contributed by atoms with Crippen molar-refractivity contribution in [3.8, 4) is 17.6 Å². The summed E-state index contributed by atoms with van der Waals surface area (Å²) in [7, 11) is 0. The number of nitrogens with one attached hydrogen (secondary N) is 1.